The van der Waals surface area contributed by atoms with Crippen molar-refractivity contribution in [2.45, 2.75) is 32.7 Å². The van der Waals surface area contributed by atoms with Crippen molar-refractivity contribution in [1.29, 1.82) is 0 Å². The first-order valence-electron chi connectivity index (χ1n) is 4.32. The topological polar surface area (TPSA) is 34.9 Å². The molecule has 3 heteroatoms. The third kappa shape index (κ3) is 2.19. The number of aldehydes is 1. The molecule has 0 aliphatic rings. The van der Waals surface area contributed by atoms with Gasteiger partial charge in [-0.3, -0.25) is 4.68 Å². The number of rotatable bonds is 5. The van der Waals surface area contributed by atoms with Gasteiger partial charge in [0, 0.05) is 24.9 Å². The molecule has 0 atom stereocenters. The average Bonchev–Trinajstić information content (AvgIpc) is 2.50. The van der Waals surface area contributed by atoms with E-state index in [1.165, 1.54) is 0 Å². The van der Waals surface area contributed by atoms with Crippen molar-refractivity contribution < 1.29 is 4.79 Å². The molecule has 0 saturated heterocycles. The zero-order chi connectivity index (χ0) is 8.81. The molecule has 0 spiro atoms. The minimum Gasteiger partial charge on any atom is -0.303 e. The van der Waals surface area contributed by atoms with E-state index in [-0.39, 0.29) is 0 Å². The first-order chi connectivity index (χ1) is 5.88. The van der Waals surface area contributed by atoms with Gasteiger partial charge in [-0.05, 0) is 18.9 Å². The van der Waals surface area contributed by atoms with Crippen molar-refractivity contribution in [2.75, 3.05) is 0 Å². The summed E-state index contributed by atoms with van der Waals surface area (Å²) in [6, 6.07) is 1.97. The Kier molecular flexibility index (Phi) is 3.51. The second kappa shape index (κ2) is 4.70. The summed E-state index contributed by atoms with van der Waals surface area (Å²) in [6.07, 6.45) is 5.22. The van der Waals surface area contributed by atoms with Crippen LogP contribution in [-0.4, -0.2) is 16.1 Å². The number of nitrogens with zero attached hydrogens (tertiary/aromatic N) is 2. The maximum atomic E-state index is 10.1. The molecule has 1 rings (SSSR count). The highest BCUT2D eigenvalue weighted by Gasteiger charge is 1.99. The van der Waals surface area contributed by atoms with Crippen LogP contribution in [0.2, 0.25) is 0 Å². The van der Waals surface area contributed by atoms with E-state index in [2.05, 4.69) is 12.0 Å². The molecule has 1 aromatic heterocycles. The lowest BCUT2D eigenvalue weighted by Crippen LogP contribution is -2.04. The molecular formula is C9H14N2O. The monoisotopic (exact) mass is 166 g/mol. The summed E-state index contributed by atoms with van der Waals surface area (Å²) in [4.78, 5) is 10.1. The standard InChI is InChI=1S/C9H14N2O/c1-2-7-11-9(4-3-8-12)5-6-10-11/h5-6,8H,2-4,7H2,1H3. The molecule has 12 heavy (non-hydrogen) atoms. The highest BCUT2D eigenvalue weighted by molar-refractivity contribution is 5.49. The van der Waals surface area contributed by atoms with Crippen LogP contribution in [0, 0.1) is 0 Å². The Morgan fingerprint density at radius 1 is 1.67 bits per heavy atom. The Morgan fingerprint density at radius 3 is 3.17 bits per heavy atom. The lowest BCUT2D eigenvalue weighted by molar-refractivity contribution is -0.107. The van der Waals surface area contributed by atoms with Crippen LogP contribution in [0.5, 0.6) is 0 Å². The molecule has 0 N–H and O–H groups in total. The van der Waals surface area contributed by atoms with Gasteiger partial charge >= 0.3 is 0 Å². The van der Waals surface area contributed by atoms with Crippen molar-refractivity contribution in [1.82, 2.24) is 9.78 Å². The summed E-state index contributed by atoms with van der Waals surface area (Å²) < 4.78 is 1.96. The molecule has 0 amide bonds. The normalized spacial score (nSPS) is 10.1. The largest absolute Gasteiger partial charge is 0.303 e. The minimum atomic E-state index is 0.593. The van der Waals surface area contributed by atoms with Gasteiger partial charge in [0.1, 0.15) is 6.29 Å². The van der Waals surface area contributed by atoms with Crippen molar-refractivity contribution in [2.24, 2.45) is 0 Å². The van der Waals surface area contributed by atoms with Crippen LogP contribution in [0.15, 0.2) is 12.3 Å². The van der Waals surface area contributed by atoms with Crippen LogP contribution in [0.4, 0.5) is 0 Å². The number of carbonyl (C=O) groups excluding carboxylic acids is 1. The molecule has 0 fully saturated rings. The van der Waals surface area contributed by atoms with Gasteiger partial charge in [0.2, 0.25) is 0 Å². The third-order valence-electron chi connectivity index (χ3n) is 1.76. The number of aromatic nitrogens is 2. The minimum absolute atomic E-state index is 0.593. The van der Waals surface area contributed by atoms with Gasteiger partial charge in [-0.1, -0.05) is 6.92 Å². The Morgan fingerprint density at radius 2 is 2.50 bits per heavy atom. The Hall–Kier alpha value is -1.12. The molecule has 1 heterocycles. The van der Waals surface area contributed by atoms with Crippen molar-refractivity contribution in [3.8, 4) is 0 Å². The first kappa shape index (κ1) is 8.97. The average molecular weight is 166 g/mol. The second-order valence-corrected chi connectivity index (χ2v) is 2.75. The Balaban J connectivity index is 2.56. The molecular weight excluding hydrogens is 152 g/mol. The molecule has 0 bridgehead atoms. The van der Waals surface area contributed by atoms with Crippen LogP contribution in [0.1, 0.15) is 25.5 Å². The number of hydrogen-bond acceptors (Lipinski definition) is 2. The summed E-state index contributed by atoms with van der Waals surface area (Å²) in [5, 5.41) is 4.16. The van der Waals surface area contributed by atoms with E-state index >= 15 is 0 Å². The zero-order valence-electron chi connectivity index (χ0n) is 7.36. The second-order valence-electron chi connectivity index (χ2n) is 2.75. The first-order valence-corrected chi connectivity index (χ1v) is 4.32. The van der Waals surface area contributed by atoms with E-state index in [0.717, 1.165) is 31.4 Å². The maximum Gasteiger partial charge on any atom is 0.120 e. The van der Waals surface area contributed by atoms with Gasteiger partial charge in [0.25, 0.3) is 0 Å². The molecule has 0 saturated carbocycles. The zero-order valence-corrected chi connectivity index (χ0v) is 7.36. The van der Waals surface area contributed by atoms with Gasteiger partial charge < -0.3 is 4.79 Å². The van der Waals surface area contributed by atoms with Gasteiger partial charge in [-0.15, -0.1) is 0 Å². The quantitative estimate of drug-likeness (QED) is 0.620. The number of aryl methyl sites for hydroxylation is 2. The van der Waals surface area contributed by atoms with E-state index < -0.39 is 0 Å². The summed E-state index contributed by atoms with van der Waals surface area (Å²) in [6.45, 7) is 3.06. The fourth-order valence-electron chi connectivity index (χ4n) is 1.19. The Bertz CT molecular complexity index is 242. The van der Waals surface area contributed by atoms with Crippen LogP contribution in [-0.2, 0) is 17.8 Å². The van der Waals surface area contributed by atoms with Crippen LogP contribution < -0.4 is 0 Å². The SMILES string of the molecule is CCCn1nccc1CCC=O. The molecule has 0 aliphatic carbocycles. The molecule has 3 nitrogen and oxygen atoms in total. The number of hydrogen-bond donors (Lipinski definition) is 0. The van der Waals surface area contributed by atoms with E-state index in [1.54, 1.807) is 6.20 Å². The molecule has 66 valence electrons. The maximum absolute atomic E-state index is 10.1. The lowest BCUT2D eigenvalue weighted by Gasteiger charge is -2.03. The van der Waals surface area contributed by atoms with E-state index in [4.69, 9.17) is 0 Å². The third-order valence-corrected chi connectivity index (χ3v) is 1.76. The van der Waals surface area contributed by atoms with Gasteiger partial charge in [0.15, 0.2) is 0 Å². The smallest absolute Gasteiger partial charge is 0.120 e. The summed E-state index contributed by atoms with van der Waals surface area (Å²) >= 11 is 0. The molecule has 0 radical (unpaired) electrons. The summed E-state index contributed by atoms with van der Waals surface area (Å²) in [7, 11) is 0. The number of carbonyl (C=O) groups is 1. The summed E-state index contributed by atoms with van der Waals surface area (Å²) in [5.74, 6) is 0. The Labute approximate surface area is 72.4 Å². The molecule has 0 unspecified atom stereocenters. The van der Waals surface area contributed by atoms with Crippen molar-refractivity contribution >= 4 is 6.29 Å². The van der Waals surface area contributed by atoms with E-state index in [0.29, 0.717) is 6.42 Å². The van der Waals surface area contributed by atoms with Gasteiger partial charge in [-0.25, -0.2) is 0 Å². The predicted molar refractivity (Wildman–Crippen MR) is 46.9 cm³/mol. The highest BCUT2D eigenvalue weighted by atomic mass is 16.1. The van der Waals surface area contributed by atoms with Gasteiger partial charge in [-0.2, -0.15) is 5.10 Å². The van der Waals surface area contributed by atoms with Gasteiger partial charge in [0.05, 0.1) is 0 Å². The highest BCUT2D eigenvalue weighted by Crippen LogP contribution is 2.02. The van der Waals surface area contributed by atoms with Crippen LogP contribution in [0.3, 0.4) is 0 Å². The summed E-state index contributed by atoms with van der Waals surface area (Å²) in [5.41, 5.74) is 1.16. The predicted octanol–water partition coefficient (Wildman–Crippen LogP) is 1.42. The fraction of sp³-hybridized carbons (Fsp3) is 0.556. The van der Waals surface area contributed by atoms with Crippen molar-refractivity contribution in [3.05, 3.63) is 18.0 Å². The fourth-order valence-corrected chi connectivity index (χ4v) is 1.19. The lowest BCUT2D eigenvalue weighted by atomic mass is 10.2. The molecule has 0 aromatic carbocycles. The molecule has 1 aromatic rings. The van der Waals surface area contributed by atoms with E-state index in [9.17, 15) is 4.79 Å². The van der Waals surface area contributed by atoms with Crippen LogP contribution in [0.25, 0.3) is 0 Å². The molecule has 0 aliphatic heterocycles. The van der Waals surface area contributed by atoms with Crippen molar-refractivity contribution in [3.63, 3.8) is 0 Å². The van der Waals surface area contributed by atoms with Crippen LogP contribution >= 0.6 is 0 Å². The van der Waals surface area contributed by atoms with E-state index in [1.807, 2.05) is 10.7 Å².